The number of carbonyl (C=O) groups is 2. The maximum absolute atomic E-state index is 12.4. The van der Waals surface area contributed by atoms with Crippen LogP contribution in [0, 0.1) is 0 Å². The Morgan fingerprint density at radius 1 is 0.608 bits per heavy atom. The van der Waals surface area contributed by atoms with Gasteiger partial charge in [0.25, 0.3) is 0 Å². The molecule has 10 heteroatoms. The number of rotatable bonds is 34. The van der Waals surface area contributed by atoms with Gasteiger partial charge in [-0.1, -0.05) is 138 Å². The highest BCUT2D eigenvalue weighted by molar-refractivity contribution is 7.46. The molecule has 0 saturated heterocycles. The first kappa shape index (κ1) is 48.5. The molecule has 0 saturated carbocycles. The van der Waals surface area contributed by atoms with Crippen molar-refractivity contribution >= 4 is 19.8 Å². The largest absolute Gasteiger partial charge is 0.469 e. The summed E-state index contributed by atoms with van der Waals surface area (Å²) in [6, 6.07) is 0. The van der Waals surface area contributed by atoms with Gasteiger partial charge in [0.15, 0.2) is 6.10 Å². The monoisotopic (exact) mass is 736 g/mol. The van der Waals surface area contributed by atoms with Crippen molar-refractivity contribution in [2.75, 3.05) is 13.2 Å². The Kier molecular flexibility index (Phi) is 34.0. The highest BCUT2D eigenvalue weighted by Gasteiger charge is 2.22. The van der Waals surface area contributed by atoms with Gasteiger partial charge in [0.1, 0.15) is 6.61 Å². The van der Waals surface area contributed by atoms with Crippen LogP contribution in [0.4, 0.5) is 0 Å². The summed E-state index contributed by atoms with van der Waals surface area (Å²) in [5.41, 5.74) is 0. The molecule has 0 unspecified atom stereocenters. The maximum atomic E-state index is 12.4. The van der Waals surface area contributed by atoms with E-state index < -0.39 is 32.5 Å². The van der Waals surface area contributed by atoms with Crippen molar-refractivity contribution in [2.45, 2.75) is 161 Å². The van der Waals surface area contributed by atoms with E-state index in [1.54, 1.807) is 6.08 Å². The van der Waals surface area contributed by atoms with Crippen molar-refractivity contribution in [1.29, 1.82) is 0 Å². The molecule has 0 aromatic heterocycles. The third-order valence-corrected chi connectivity index (χ3v) is 8.35. The van der Waals surface area contributed by atoms with Crippen LogP contribution in [0.25, 0.3) is 0 Å². The fourth-order valence-corrected chi connectivity index (χ4v) is 5.18. The first-order valence-corrected chi connectivity index (χ1v) is 20.9. The summed E-state index contributed by atoms with van der Waals surface area (Å²) in [5, 5.41) is 9.44. The molecule has 0 aliphatic rings. The normalized spacial score (nSPS) is 13.9. The van der Waals surface area contributed by atoms with Crippen LogP contribution in [0.5, 0.6) is 0 Å². The third-order valence-electron chi connectivity index (χ3n) is 7.87. The van der Waals surface area contributed by atoms with E-state index in [1.165, 1.54) is 51.4 Å². The molecule has 0 aromatic rings. The molecule has 0 bridgehead atoms. The minimum absolute atomic E-state index is 0.171. The number of allylic oxidation sites excluding steroid dienone is 11. The second-order valence-corrected chi connectivity index (χ2v) is 14.0. The lowest BCUT2D eigenvalue weighted by atomic mass is 10.1. The quantitative estimate of drug-likeness (QED) is 0.0194. The first-order valence-electron chi connectivity index (χ1n) is 19.3. The van der Waals surface area contributed by atoms with Crippen LogP contribution in [0.1, 0.15) is 149 Å². The molecule has 9 nitrogen and oxygen atoms in total. The molecule has 3 N–H and O–H groups in total. The molecule has 0 rings (SSSR count). The van der Waals surface area contributed by atoms with Crippen LogP contribution >= 0.6 is 7.82 Å². The number of aliphatic hydroxyl groups is 1. The predicted molar refractivity (Wildman–Crippen MR) is 208 cm³/mol. The average molecular weight is 737 g/mol. The van der Waals surface area contributed by atoms with Gasteiger partial charge in [-0.2, -0.15) is 0 Å². The summed E-state index contributed by atoms with van der Waals surface area (Å²) >= 11 is 0. The zero-order valence-corrected chi connectivity index (χ0v) is 32.5. The van der Waals surface area contributed by atoms with Crippen molar-refractivity contribution in [3.8, 4) is 0 Å². The van der Waals surface area contributed by atoms with E-state index in [0.29, 0.717) is 25.7 Å². The van der Waals surface area contributed by atoms with E-state index in [-0.39, 0.29) is 25.6 Å². The van der Waals surface area contributed by atoms with Gasteiger partial charge >= 0.3 is 19.8 Å². The molecule has 51 heavy (non-hydrogen) atoms. The highest BCUT2D eigenvalue weighted by atomic mass is 31.2. The SMILES string of the molecule is CCCCCC/C=C\CCCCCCCCCC(=O)O[C@H](COC(=O)CCC/C=C\C/C=C\C/C=C\C/C=C\C=C\[C@@H](O)CC)COP(=O)(O)O. The zero-order valence-electron chi connectivity index (χ0n) is 31.6. The predicted octanol–water partition coefficient (Wildman–Crippen LogP) is 10.5. The van der Waals surface area contributed by atoms with Gasteiger partial charge in [0.05, 0.1) is 12.7 Å². The van der Waals surface area contributed by atoms with Crippen LogP contribution in [0.15, 0.2) is 72.9 Å². The summed E-state index contributed by atoms with van der Waals surface area (Å²) < 4.78 is 26.3. The van der Waals surface area contributed by atoms with Gasteiger partial charge in [-0.3, -0.25) is 14.1 Å². The highest BCUT2D eigenvalue weighted by Crippen LogP contribution is 2.36. The lowest BCUT2D eigenvalue weighted by molar-refractivity contribution is -0.161. The molecule has 0 aliphatic carbocycles. The standard InChI is InChI=1S/C41H69O9P/c1-3-5-6-7-8-9-10-11-12-17-20-23-26-29-32-35-41(44)50-39(37-49-51(45,46)47)36-48-40(43)34-31-28-25-22-19-16-14-13-15-18-21-24-27-30-33-38(42)4-2/h9-10,14-16,18,22,24-25,27,30,33,38-39,42H,3-8,11-13,17,19-21,23,26,28-29,31-32,34-37H2,1-2H3,(H2,45,46,47)/b10-9-,16-14-,18-15-,25-22-,27-24-,33-30+/t38-,39+/m0/s1. The number of hydrogen-bond donors (Lipinski definition) is 3. The number of phosphoric acid groups is 1. The summed E-state index contributed by atoms with van der Waals surface area (Å²) in [5.74, 6) is -0.984. The Balaban J connectivity index is 4.10. The molecule has 0 spiro atoms. The van der Waals surface area contributed by atoms with Crippen molar-refractivity contribution in [2.24, 2.45) is 0 Å². The van der Waals surface area contributed by atoms with E-state index in [0.717, 1.165) is 44.9 Å². The van der Waals surface area contributed by atoms with Crippen molar-refractivity contribution in [3.63, 3.8) is 0 Å². The van der Waals surface area contributed by atoms with Crippen LogP contribution in [0.2, 0.25) is 0 Å². The third kappa shape index (κ3) is 38.5. The van der Waals surface area contributed by atoms with Crippen LogP contribution in [0.3, 0.4) is 0 Å². The van der Waals surface area contributed by atoms with Gasteiger partial charge in [0.2, 0.25) is 0 Å². The number of ether oxygens (including phenoxy) is 2. The molecule has 0 fully saturated rings. The smallest absolute Gasteiger partial charge is 0.462 e. The Morgan fingerprint density at radius 3 is 1.73 bits per heavy atom. The van der Waals surface area contributed by atoms with E-state index in [1.807, 2.05) is 37.3 Å². The number of hydrogen-bond acceptors (Lipinski definition) is 7. The number of aliphatic hydroxyl groups excluding tert-OH is 1. The molecule has 0 heterocycles. The van der Waals surface area contributed by atoms with E-state index >= 15 is 0 Å². The number of phosphoric ester groups is 1. The lowest BCUT2D eigenvalue weighted by Crippen LogP contribution is -2.29. The molecule has 0 amide bonds. The topological polar surface area (TPSA) is 140 Å². The number of unbranched alkanes of at least 4 members (excludes halogenated alkanes) is 12. The second-order valence-electron chi connectivity index (χ2n) is 12.7. The van der Waals surface area contributed by atoms with Gasteiger partial charge in [-0.15, -0.1) is 0 Å². The lowest BCUT2D eigenvalue weighted by Gasteiger charge is -2.18. The fourth-order valence-electron chi connectivity index (χ4n) is 4.82. The molecule has 0 aromatic carbocycles. The van der Waals surface area contributed by atoms with E-state index in [4.69, 9.17) is 19.3 Å². The van der Waals surface area contributed by atoms with Gasteiger partial charge in [0, 0.05) is 12.8 Å². The van der Waals surface area contributed by atoms with Gasteiger partial charge < -0.3 is 24.4 Å². The van der Waals surface area contributed by atoms with Crippen LogP contribution in [-0.2, 0) is 28.2 Å². The minimum atomic E-state index is -4.78. The number of carbonyl (C=O) groups excluding carboxylic acids is 2. The summed E-state index contributed by atoms with van der Waals surface area (Å²) in [6.45, 7) is 3.27. The second kappa shape index (κ2) is 35.8. The van der Waals surface area contributed by atoms with Gasteiger partial charge in [-0.25, -0.2) is 4.57 Å². The molecule has 2 atom stereocenters. The molecular weight excluding hydrogens is 667 g/mol. The summed E-state index contributed by atoms with van der Waals surface area (Å²) in [7, 11) is -4.78. The van der Waals surface area contributed by atoms with E-state index in [9.17, 15) is 19.3 Å². The molecule has 0 aliphatic heterocycles. The van der Waals surface area contributed by atoms with Crippen molar-refractivity contribution in [3.05, 3.63) is 72.9 Å². The summed E-state index contributed by atoms with van der Waals surface area (Å²) in [4.78, 5) is 42.7. The fraction of sp³-hybridized carbons (Fsp3) is 0.659. The van der Waals surface area contributed by atoms with Crippen molar-refractivity contribution in [1.82, 2.24) is 0 Å². The first-order chi connectivity index (χ1) is 24.7. The molecule has 292 valence electrons. The average Bonchev–Trinajstić information content (AvgIpc) is 3.10. The maximum Gasteiger partial charge on any atom is 0.469 e. The van der Waals surface area contributed by atoms with Crippen LogP contribution in [-0.4, -0.2) is 52.3 Å². The summed E-state index contributed by atoms with van der Waals surface area (Å²) in [6.07, 6.45) is 42.9. The zero-order chi connectivity index (χ0) is 37.7. The van der Waals surface area contributed by atoms with Crippen molar-refractivity contribution < 1.29 is 43.0 Å². The van der Waals surface area contributed by atoms with E-state index in [2.05, 4.69) is 47.9 Å². The molecule has 0 radical (unpaired) electrons. The number of esters is 2. The Hall–Kier alpha value is -2.55. The minimum Gasteiger partial charge on any atom is -0.462 e. The van der Waals surface area contributed by atoms with Gasteiger partial charge in [-0.05, 0) is 70.6 Å². The Bertz CT molecular complexity index is 1070. The van der Waals surface area contributed by atoms with Crippen LogP contribution < -0.4 is 0 Å². The Labute approximate surface area is 309 Å². The Morgan fingerprint density at radius 2 is 1.12 bits per heavy atom. The molecular formula is C41H69O9P.